The molecule has 0 heterocycles. The minimum atomic E-state index is -0.0128. The number of nitrogens with zero attached hydrogens (tertiary/aromatic N) is 2. The fourth-order valence-electron chi connectivity index (χ4n) is 1.35. The molecule has 2 aromatic rings. The first-order valence-corrected chi connectivity index (χ1v) is 3.89. The minimum Gasteiger partial charge on any atom is -0.501 e. The highest BCUT2D eigenvalue weighted by Crippen LogP contribution is 2.34. The summed E-state index contributed by atoms with van der Waals surface area (Å²) in [6.07, 6.45) is 0. The van der Waals surface area contributed by atoms with Crippen molar-refractivity contribution in [2.45, 2.75) is 0 Å². The van der Waals surface area contributed by atoms with E-state index in [-0.39, 0.29) is 11.4 Å². The maximum atomic E-state index is 9.35. The molecule has 13 heavy (non-hydrogen) atoms. The second-order valence-corrected chi connectivity index (χ2v) is 2.75. The topological polar surface area (TPSA) is 48.4 Å². The van der Waals surface area contributed by atoms with Crippen LogP contribution in [-0.2, 0) is 0 Å². The molecule has 0 aromatic heterocycles. The first kappa shape index (κ1) is 7.56. The molecule has 0 saturated heterocycles. The van der Waals surface area contributed by atoms with E-state index in [1.165, 1.54) is 6.07 Å². The average Bonchev–Trinajstić information content (AvgIpc) is 2.18. The Morgan fingerprint density at radius 1 is 1.08 bits per heavy atom. The Kier molecular flexibility index (Phi) is 1.60. The fraction of sp³-hybridized carbons (Fsp3) is 0. The van der Waals surface area contributed by atoms with Crippen molar-refractivity contribution in [3.8, 4) is 5.75 Å². The molecule has 0 spiro atoms. The summed E-state index contributed by atoms with van der Waals surface area (Å²) in [5, 5.41) is 19.7. The van der Waals surface area contributed by atoms with Gasteiger partial charge in [0.15, 0.2) is 4.98 Å². The maximum Gasteiger partial charge on any atom is 0.433 e. The number of phenolic OH excluding ortho intramolecular Hbond substituents is 1. The van der Waals surface area contributed by atoms with Crippen LogP contribution in [0.5, 0.6) is 5.75 Å². The van der Waals surface area contributed by atoms with Crippen molar-refractivity contribution in [2.75, 3.05) is 0 Å². The van der Waals surface area contributed by atoms with Crippen LogP contribution in [-0.4, -0.2) is 5.11 Å². The number of hydrogen-bond acceptors (Lipinski definition) is 2. The van der Waals surface area contributed by atoms with Crippen molar-refractivity contribution in [1.82, 2.24) is 0 Å². The predicted molar refractivity (Wildman–Crippen MR) is 50.4 cm³/mol. The van der Waals surface area contributed by atoms with Crippen LogP contribution < -0.4 is 0 Å². The van der Waals surface area contributed by atoms with Gasteiger partial charge in [0.25, 0.3) is 0 Å². The van der Waals surface area contributed by atoms with Crippen molar-refractivity contribution in [2.24, 2.45) is 0 Å². The van der Waals surface area contributed by atoms with Gasteiger partial charge in [0, 0.05) is 0 Å². The number of aromatic hydroxyl groups is 1. The van der Waals surface area contributed by atoms with E-state index in [1.54, 1.807) is 12.1 Å². The first-order valence-electron chi connectivity index (χ1n) is 3.89. The molecule has 3 heteroatoms. The Bertz CT molecular complexity index is 500. The molecular weight excluding hydrogens is 164 g/mol. The Morgan fingerprint density at radius 2 is 1.85 bits per heavy atom. The molecule has 0 radical (unpaired) electrons. The molecule has 0 saturated carbocycles. The van der Waals surface area contributed by atoms with Gasteiger partial charge in [-0.2, -0.15) is 0 Å². The Hall–Kier alpha value is -2.08. The lowest BCUT2D eigenvalue weighted by Gasteiger charge is -1.93. The fourth-order valence-corrected chi connectivity index (χ4v) is 1.35. The number of fused-ring (bicyclic) bond motifs is 1. The Balaban J connectivity index is 2.94. The van der Waals surface area contributed by atoms with Crippen LogP contribution in [0.2, 0.25) is 0 Å². The van der Waals surface area contributed by atoms with Crippen LogP contribution in [0.15, 0.2) is 36.4 Å². The molecule has 3 nitrogen and oxygen atoms in total. The summed E-state index contributed by atoms with van der Waals surface area (Å²) < 4.78 is 0. The van der Waals surface area contributed by atoms with Gasteiger partial charge in [-0.1, -0.05) is 24.3 Å². The Labute approximate surface area is 74.9 Å². The van der Waals surface area contributed by atoms with Crippen LogP contribution in [0, 0.1) is 5.39 Å². The molecule has 0 amide bonds. The summed E-state index contributed by atoms with van der Waals surface area (Å²) in [6, 6.07) is 10.7. The highest BCUT2D eigenvalue weighted by Gasteiger charge is 2.16. The van der Waals surface area contributed by atoms with E-state index in [4.69, 9.17) is 5.39 Å². The molecule has 0 atom stereocenters. The number of rotatable bonds is 0. The average molecular weight is 171 g/mol. The van der Waals surface area contributed by atoms with Crippen LogP contribution in [0.25, 0.3) is 15.7 Å². The van der Waals surface area contributed by atoms with Gasteiger partial charge in [-0.05, 0) is 17.5 Å². The molecule has 0 aliphatic heterocycles. The zero-order valence-corrected chi connectivity index (χ0v) is 6.81. The highest BCUT2D eigenvalue weighted by molar-refractivity contribution is 5.97. The predicted octanol–water partition coefficient (Wildman–Crippen LogP) is 3.03. The molecule has 0 unspecified atom stereocenters. The van der Waals surface area contributed by atoms with Crippen LogP contribution in [0.4, 0.5) is 5.69 Å². The second-order valence-electron chi connectivity index (χ2n) is 2.75. The number of hydrogen-bond donors (Lipinski definition) is 1. The van der Waals surface area contributed by atoms with Crippen LogP contribution in [0.1, 0.15) is 0 Å². The molecular formula is C10H7N2O+. The summed E-state index contributed by atoms with van der Waals surface area (Å²) in [5.74, 6) is -0.0128. The Morgan fingerprint density at radius 3 is 2.62 bits per heavy atom. The normalized spacial score (nSPS) is 9.77. The summed E-state index contributed by atoms with van der Waals surface area (Å²) in [7, 11) is 0. The van der Waals surface area contributed by atoms with Gasteiger partial charge in [0.2, 0.25) is 11.1 Å². The molecule has 2 aromatic carbocycles. The first-order chi connectivity index (χ1) is 6.33. The quantitative estimate of drug-likeness (QED) is 0.619. The molecule has 0 bridgehead atoms. The molecule has 0 aliphatic carbocycles. The summed E-state index contributed by atoms with van der Waals surface area (Å²) in [6.45, 7) is 0. The SMILES string of the molecule is N#[N+]c1c(O)ccc2ccccc12. The second kappa shape index (κ2) is 2.76. The van der Waals surface area contributed by atoms with Crippen molar-refractivity contribution < 1.29 is 5.11 Å². The summed E-state index contributed by atoms with van der Waals surface area (Å²) in [5.41, 5.74) is 0.220. The minimum absolute atomic E-state index is 0.0128. The third kappa shape index (κ3) is 1.09. The van der Waals surface area contributed by atoms with E-state index in [2.05, 4.69) is 4.98 Å². The van der Waals surface area contributed by atoms with Crippen LogP contribution >= 0.6 is 0 Å². The van der Waals surface area contributed by atoms with Gasteiger partial charge in [-0.15, -0.1) is 0 Å². The smallest absolute Gasteiger partial charge is 0.433 e. The van der Waals surface area contributed by atoms with E-state index in [1.807, 2.05) is 18.2 Å². The molecule has 0 aliphatic rings. The van der Waals surface area contributed by atoms with Crippen molar-refractivity contribution in [3.05, 3.63) is 41.4 Å². The van der Waals surface area contributed by atoms with Crippen molar-refractivity contribution in [1.29, 1.82) is 5.39 Å². The van der Waals surface area contributed by atoms with Gasteiger partial charge in [-0.25, -0.2) is 0 Å². The zero-order chi connectivity index (χ0) is 9.26. The van der Waals surface area contributed by atoms with E-state index < -0.39 is 0 Å². The number of diazo groups is 1. The number of phenols is 1. The standard InChI is InChI=1S/C10H6N2O/c11-12-10-8-4-2-1-3-7(8)5-6-9(10)13/h1-6H/p+1. The van der Waals surface area contributed by atoms with E-state index in [0.717, 1.165) is 10.8 Å². The third-order valence-electron chi connectivity index (χ3n) is 1.98. The number of benzene rings is 2. The van der Waals surface area contributed by atoms with Gasteiger partial charge >= 0.3 is 5.69 Å². The van der Waals surface area contributed by atoms with Gasteiger partial charge in [0.1, 0.15) is 0 Å². The monoisotopic (exact) mass is 171 g/mol. The van der Waals surface area contributed by atoms with Gasteiger partial charge in [0.05, 0.1) is 5.39 Å². The van der Waals surface area contributed by atoms with Gasteiger partial charge in [-0.3, -0.25) is 0 Å². The molecule has 0 fully saturated rings. The summed E-state index contributed by atoms with van der Waals surface area (Å²) in [4.78, 5) is 3.05. The summed E-state index contributed by atoms with van der Waals surface area (Å²) >= 11 is 0. The van der Waals surface area contributed by atoms with Crippen molar-refractivity contribution >= 4 is 16.5 Å². The lowest BCUT2D eigenvalue weighted by Crippen LogP contribution is -1.72. The lowest BCUT2D eigenvalue weighted by atomic mass is 10.1. The van der Waals surface area contributed by atoms with E-state index >= 15 is 0 Å². The highest BCUT2D eigenvalue weighted by atomic mass is 16.3. The largest absolute Gasteiger partial charge is 0.501 e. The van der Waals surface area contributed by atoms with E-state index in [0.29, 0.717) is 0 Å². The molecule has 62 valence electrons. The van der Waals surface area contributed by atoms with E-state index in [9.17, 15) is 5.11 Å². The third-order valence-corrected chi connectivity index (χ3v) is 1.98. The van der Waals surface area contributed by atoms with Crippen LogP contribution in [0.3, 0.4) is 0 Å². The molecule has 1 N–H and O–H groups in total. The zero-order valence-electron chi connectivity index (χ0n) is 6.81. The molecule has 2 rings (SSSR count). The van der Waals surface area contributed by atoms with Gasteiger partial charge < -0.3 is 5.11 Å². The lowest BCUT2D eigenvalue weighted by molar-refractivity contribution is 0.479. The van der Waals surface area contributed by atoms with Crippen molar-refractivity contribution in [3.63, 3.8) is 0 Å². The maximum absolute atomic E-state index is 9.35.